The molecule has 1 amide bonds. The standard InChI is InChI=1S/C24H24Cl2N4O3S/c1-14(2)10-20-21(15-5-6-17(25)18(26)11-15)28-24(34-20)29-8-9-30(19(13-29)23(32)33)22(31)16-4-3-7-27-12-16/h3-7,11-12,14,19H,8-10,13H2,1-2H3,(H,32,33). The monoisotopic (exact) mass is 518 g/mol. The molecule has 0 spiro atoms. The molecule has 3 aromatic rings. The van der Waals surface area contributed by atoms with Gasteiger partial charge in [-0.25, -0.2) is 9.78 Å². The Hall–Kier alpha value is -2.68. The van der Waals surface area contributed by atoms with Crippen LogP contribution in [0.1, 0.15) is 29.1 Å². The molecule has 1 unspecified atom stereocenters. The van der Waals surface area contributed by atoms with Gasteiger partial charge in [0.2, 0.25) is 0 Å². The van der Waals surface area contributed by atoms with Gasteiger partial charge in [0.1, 0.15) is 6.04 Å². The largest absolute Gasteiger partial charge is 0.480 e. The summed E-state index contributed by atoms with van der Waals surface area (Å²) >= 11 is 13.9. The number of anilines is 1. The highest BCUT2D eigenvalue weighted by Crippen LogP contribution is 2.37. The van der Waals surface area contributed by atoms with Gasteiger partial charge in [-0.3, -0.25) is 9.78 Å². The Morgan fingerprint density at radius 1 is 1.21 bits per heavy atom. The number of amides is 1. The van der Waals surface area contributed by atoms with Crippen LogP contribution in [0.25, 0.3) is 11.3 Å². The van der Waals surface area contributed by atoms with Crippen LogP contribution < -0.4 is 4.90 Å². The molecular weight excluding hydrogens is 495 g/mol. The van der Waals surface area contributed by atoms with Gasteiger partial charge in [0.25, 0.3) is 5.91 Å². The maximum atomic E-state index is 12.9. The van der Waals surface area contributed by atoms with Crippen LogP contribution in [0.5, 0.6) is 0 Å². The lowest BCUT2D eigenvalue weighted by atomic mass is 10.0. The normalized spacial score (nSPS) is 16.2. The van der Waals surface area contributed by atoms with Gasteiger partial charge in [-0.2, -0.15) is 0 Å². The van der Waals surface area contributed by atoms with Crippen molar-refractivity contribution in [2.24, 2.45) is 5.92 Å². The number of carbonyl (C=O) groups excluding carboxylic acids is 1. The van der Waals surface area contributed by atoms with E-state index in [-0.39, 0.29) is 19.0 Å². The minimum Gasteiger partial charge on any atom is -0.480 e. The number of benzene rings is 1. The van der Waals surface area contributed by atoms with Crippen molar-refractivity contribution in [3.63, 3.8) is 0 Å². The molecule has 1 fully saturated rings. The van der Waals surface area contributed by atoms with Crippen molar-refractivity contribution in [2.75, 3.05) is 24.5 Å². The first kappa shape index (κ1) is 24.4. The number of piperazine rings is 1. The number of thiazole rings is 1. The van der Waals surface area contributed by atoms with Gasteiger partial charge in [-0.1, -0.05) is 43.1 Å². The number of carboxylic acid groups (broad SMARTS) is 1. The number of halogens is 2. The predicted octanol–water partition coefficient (Wildman–Crippen LogP) is 5.13. The number of carbonyl (C=O) groups is 2. The Morgan fingerprint density at radius 2 is 2.00 bits per heavy atom. The van der Waals surface area contributed by atoms with E-state index in [4.69, 9.17) is 28.2 Å². The Kier molecular flexibility index (Phi) is 7.40. The molecule has 10 heteroatoms. The molecule has 1 aliphatic heterocycles. The van der Waals surface area contributed by atoms with Crippen LogP contribution in [0, 0.1) is 5.92 Å². The second-order valence-electron chi connectivity index (χ2n) is 8.54. The van der Waals surface area contributed by atoms with E-state index >= 15 is 0 Å². The lowest BCUT2D eigenvalue weighted by Crippen LogP contribution is -2.58. The zero-order chi connectivity index (χ0) is 24.4. The molecule has 0 bridgehead atoms. The first-order valence-corrected chi connectivity index (χ1v) is 12.5. The van der Waals surface area contributed by atoms with E-state index in [1.54, 1.807) is 41.8 Å². The average molecular weight is 519 g/mol. The van der Waals surface area contributed by atoms with Gasteiger partial charge in [-0.15, -0.1) is 11.3 Å². The summed E-state index contributed by atoms with van der Waals surface area (Å²) in [6.07, 6.45) is 3.86. The molecule has 7 nitrogen and oxygen atoms in total. The number of hydrogen-bond acceptors (Lipinski definition) is 6. The lowest BCUT2D eigenvalue weighted by Gasteiger charge is -2.39. The molecule has 4 rings (SSSR count). The number of rotatable bonds is 6. The molecule has 1 atom stereocenters. The highest BCUT2D eigenvalue weighted by molar-refractivity contribution is 7.16. The van der Waals surface area contributed by atoms with Crippen molar-refractivity contribution in [3.05, 3.63) is 63.2 Å². The number of carboxylic acids is 1. The molecule has 1 saturated heterocycles. The Labute approximate surface area is 212 Å². The second-order valence-corrected chi connectivity index (χ2v) is 10.4. The summed E-state index contributed by atoms with van der Waals surface area (Å²) < 4.78 is 0. The molecule has 0 radical (unpaired) electrons. The fraction of sp³-hybridized carbons (Fsp3) is 0.333. The molecule has 0 aliphatic carbocycles. The molecular formula is C24H24Cl2N4O3S. The van der Waals surface area contributed by atoms with Gasteiger partial charge in [0.05, 0.1) is 27.8 Å². The van der Waals surface area contributed by atoms with E-state index in [0.717, 1.165) is 27.7 Å². The minimum absolute atomic E-state index is 0.150. The minimum atomic E-state index is -1.05. The second kappa shape index (κ2) is 10.3. The van der Waals surface area contributed by atoms with E-state index in [1.165, 1.54) is 11.1 Å². The average Bonchev–Trinajstić information content (AvgIpc) is 3.23. The van der Waals surface area contributed by atoms with Crippen molar-refractivity contribution < 1.29 is 14.7 Å². The molecule has 1 aromatic carbocycles. The van der Waals surface area contributed by atoms with Crippen molar-refractivity contribution in [2.45, 2.75) is 26.3 Å². The molecule has 178 valence electrons. The van der Waals surface area contributed by atoms with Crippen LogP contribution in [0.4, 0.5) is 5.13 Å². The van der Waals surface area contributed by atoms with Crippen LogP contribution >= 0.6 is 34.5 Å². The van der Waals surface area contributed by atoms with Crippen LogP contribution in [0.3, 0.4) is 0 Å². The summed E-state index contributed by atoms with van der Waals surface area (Å²) in [6, 6.07) is 7.75. The van der Waals surface area contributed by atoms with Crippen molar-refractivity contribution >= 4 is 51.5 Å². The summed E-state index contributed by atoms with van der Waals surface area (Å²) in [5, 5.41) is 11.6. The van der Waals surface area contributed by atoms with Crippen molar-refractivity contribution in [3.8, 4) is 11.3 Å². The van der Waals surface area contributed by atoms with Gasteiger partial charge < -0.3 is 14.9 Å². The van der Waals surface area contributed by atoms with Crippen LogP contribution in [-0.4, -0.2) is 57.5 Å². The topological polar surface area (TPSA) is 86.6 Å². The van der Waals surface area contributed by atoms with Gasteiger partial charge in [0, 0.05) is 35.9 Å². The number of aromatic nitrogens is 2. The van der Waals surface area contributed by atoms with Crippen LogP contribution in [0.15, 0.2) is 42.7 Å². The maximum Gasteiger partial charge on any atom is 0.328 e. The van der Waals surface area contributed by atoms with E-state index < -0.39 is 12.0 Å². The summed E-state index contributed by atoms with van der Waals surface area (Å²) in [6.45, 7) is 5.18. The Morgan fingerprint density at radius 3 is 2.65 bits per heavy atom. The third-order valence-electron chi connectivity index (χ3n) is 5.58. The highest BCUT2D eigenvalue weighted by atomic mass is 35.5. The summed E-state index contributed by atoms with van der Waals surface area (Å²) in [4.78, 5) is 38.4. The SMILES string of the molecule is CC(C)Cc1sc(N2CCN(C(=O)c3cccnc3)C(C(=O)O)C2)nc1-c1ccc(Cl)c(Cl)c1. The third kappa shape index (κ3) is 5.19. The third-order valence-corrected chi connectivity index (χ3v) is 7.46. The van der Waals surface area contributed by atoms with Gasteiger partial charge >= 0.3 is 5.97 Å². The number of hydrogen-bond donors (Lipinski definition) is 1. The molecule has 2 aromatic heterocycles. The first-order chi connectivity index (χ1) is 16.2. The van der Waals surface area contributed by atoms with Crippen LogP contribution in [0.2, 0.25) is 10.0 Å². The zero-order valence-corrected chi connectivity index (χ0v) is 21.1. The number of nitrogens with zero attached hydrogens (tertiary/aromatic N) is 4. The summed E-state index contributed by atoms with van der Waals surface area (Å²) in [5.74, 6) is -0.975. The number of pyridine rings is 1. The zero-order valence-electron chi connectivity index (χ0n) is 18.7. The van der Waals surface area contributed by atoms with E-state index in [1.807, 2.05) is 11.0 Å². The summed E-state index contributed by atoms with van der Waals surface area (Å²) in [5.41, 5.74) is 2.07. The fourth-order valence-electron chi connectivity index (χ4n) is 3.92. The van der Waals surface area contributed by atoms with Gasteiger partial charge in [0.15, 0.2) is 5.13 Å². The van der Waals surface area contributed by atoms with Crippen molar-refractivity contribution in [1.82, 2.24) is 14.9 Å². The molecule has 1 N–H and O–H groups in total. The quantitative estimate of drug-likeness (QED) is 0.486. The first-order valence-electron chi connectivity index (χ1n) is 10.9. The fourth-order valence-corrected chi connectivity index (χ4v) is 5.55. The van der Waals surface area contributed by atoms with Crippen LogP contribution in [-0.2, 0) is 11.2 Å². The molecule has 0 saturated carbocycles. The van der Waals surface area contributed by atoms with E-state index in [2.05, 4.69) is 18.8 Å². The molecule has 3 heterocycles. The number of aliphatic carboxylic acids is 1. The Bertz CT molecular complexity index is 1200. The van der Waals surface area contributed by atoms with Gasteiger partial charge in [-0.05, 0) is 36.6 Å². The highest BCUT2D eigenvalue weighted by Gasteiger charge is 2.37. The van der Waals surface area contributed by atoms with E-state index in [9.17, 15) is 14.7 Å². The van der Waals surface area contributed by atoms with Crippen molar-refractivity contribution in [1.29, 1.82) is 0 Å². The Balaban J connectivity index is 1.63. The maximum absolute atomic E-state index is 12.9. The predicted molar refractivity (Wildman–Crippen MR) is 135 cm³/mol. The lowest BCUT2D eigenvalue weighted by molar-refractivity contribution is -0.142. The van der Waals surface area contributed by atoms with E-state index in [0.29, 0.717) is 28.1 Å². The molecule has 1 aliphatic rings. The smallest absolute Gasteiger partial charge is 0.328 e. The summed E-state index contributed by atoms with van der Waals surface area (Å²) in [7, 11) is 0. The molecule has 34 heavy (non-hydrogen) atoms.